The first-order valence-electron chi connectivity index (χ1n) is 9.85. The molecule has 1 unspecified atom stereocenters. The number of ether oxygens (including phenoxy) is 2. The van der Waals surface area contributed by atoms with E-state index in [1.165, 1.54) is 0 Å². The second kappa shape index (κ2) is 8.09. The minimum atomic E-state index is -1.79. The van der Waals surface area contributed by atoms with Crippen LogP contribution in [0.3, 0.4) is 0 Å². The lowest BCUT2D eigenvalue weighted by molar-refractivity contribution is -0.549. The van der Waals surface area contributed by atoms with Gasteiger partial charge in [0.1, 0.15) is 36.3 Å². The molecule has 2 fully saturated rings. The van der Waals surface area contributed by atoms with Crippen LogP contribution in [0.15, 0.2) is 42.5 Å². The van der Waals surface area contributed by atoms with E-state index < -0.39 is 29.7 Å². The molecule has 0 spiro atoms. The SMILES string of the molecule is CCOc1ccc(Cc2cc([C@]34OOC[C@@](C)(O3)[C@@H](O)C(O)[C@H]4O)ccc2Cl)cc1. The highest BCUT2D eigenvalue weighted by molar-refractivity contribution is 6.31. The van der Waals surface area contributed by atoms with E-state index in [4.69, 9.17) is 30.8 Å². The van der Waals surface area contributed by atoms with Crippen molar-refractivity contribution in [3.05, 3.63) is 64.2 Å². The summed E-state index contributed by atoms with van der Waals surface area (Å²) in [6.45, 7) is 4.03. The molecular weight excluding hydrogens is 412 g/mol. The molecule has 2 heterocycles. The van der Waals surface area contributed by atoms with Gasteiger partial charge in [-0.1, -0.05) is 29.8 Å². The molecule has 2 aliphatic rings. The molecule has 0 saturated carbocycles. The molecular formula is C22H25ClO7. The van der Waals surface area contributed by atoms with Crippen molar-refractivity contribution in [1.82, 2.24) is 0 Å². The van der Waals surface area contributed by atoms with E-state index in [-0.39, 0.29) is 6.61 Å². The van der Waals surface area contributed by atoms with Crippen molar-refractivity contribution < 1.29 is 34.6 Å². The quantitative estimate of drug-likeness (QED) is 0.619. The molecule has 2 aliphatic heterocycles. The van der Waals surface area contributed by atoms with Crippen LogP contribution in [-0.2, 0) is 26.7 Å². The Kier molecular flexibility index (Phi) is 5.80. The average molecular weight is 437 g/mol. The minimum absolute atomic E-state index is 0.0909. The first-order chi connectivity index (χ1) is 14.3. The first-order valence-corrected chi connectivity index (χ1v) is 10.2. The van der Waals surface area contributed by atoms with E-state index in [0.717, 1.165) is 16.9 Å². The van der Waals surface area contributed by atoms with Crippen LogP contribution in [0.2, 0.25) is 5.02 Å². The third-order valence-electron chi connectivity index (χ3n) is 5.65. The second-order valence-corrected chi connectivity index (χ2v) is 8.28. The molecule has 0 amide bonds. The minimum Gasteiger partial charge on any atom is -0.494 e. The summed E-state index contributed by atoms with van der Waals surface area (Å²) in [5, 5.41) is 32.0. The van der Waals surface area contributed by atoms with Gasteiger partial charge in [-0.3, -0.25) is 0 Å². The third kappa shape index (κ3) is 3.61. The van der Waals surface area contributed by atoms with E-state index in [1.54, 1.807) is 25.1 Å². The van der Waals surface area contributed by atoms with Crippen molar-refractivity contribution in [2.75, 3.05) is 13.2 Å². The third-order valence-corrected chi connectivity index (χ3v) is 6.02. The summed E-state index contributed by atoms with van der Waals surface area (Å²) in [5.74, 6) is -0.998. The fourth-order valence-corrected chi connectivity index (χ4v) is 4.12. The molecule has 0 radical (unpaired) electrons. The summed E-state index contributed by atoms with van der Waals surface area (Å²) in [6.07, 6.45) is -3.85. The van der Waals surface area contributed by atoms with Gasteiger partial charge >= 0.3 is 0 Å². The number of fused-ring (bicyclic) bond motifs is 2. The molecule has 5 atom stereocenters. The summed E-state index contributed by atoms with van der Waals surface area (Å²) in [6, 6.07) is 12.8. The summed E-state index contributed by atoms with van der Waals surface area (Å²) in [4.78, 5) is 10.6. The molecule has 8 heteroatoms. The van der Waals surface area contributed by atoms with Gasteiger partial charge in [0.15, 0.2) is 0 Å². The summed E-state index contributed by atoms with van der Waals surface area (Å²) in [7, 11) is 0. The predicted octanol–water partition coefficient (Wildman–Crippen LogP) is 2.32. The van der Waals surface area contributed by atoms with Crippen molar-refractivity contribution in [2.24, 2.45) is 0 Å². The molecule has 2 bridgehead atoms. The number of halogens is 1. The van der Waals surface area contributed by atoms with Crippen molar-refractivity contribution in [1.29, 1.82) is 0 Å². The lowest BCUT2D eigenvalue weighted by Gasteiger charge is -2.55. The van der Waals surface area contributed by atoms with Crippen molar-refractivity contribution in [3.63, 3.8) is 0 Å². The zero-order chi connectivity index (χ0) is 21.5. The molecule has 4 rings (SSSR count). The van der Waals surface area contributed by atoms with Crippen molar-refractivity contribution in [2.45, 2.75) is 50.0 Å². The second-order valence-electron chi connectivity index (χ2n) is 7.87. The van der Waals surface area contributed by atoms with E-state index >= 15 is 0 Å². The first kappa shape index (κ1) is 21.5. The maximum absolute atomic E-state index is 10.7. The molecule has 2 aromatic rings. The Bertz CT molecular complexity index is 905. The summed E-state index contributed by atoms with van der Waals surface area (Å²) >= 11 is 6.42. The number of aliphatic hydroxyl groups excluding tert-OH is 3. The molecule has 3 N–H and O–H groups in total. The number of aliphatic hydroxyl groups is 3. The topological polar surface area (TPSA) is 97.6 Å². The van der Waals surface area contributed by atoms with Crippen molar-refractivity contribution in [3.8, 4) is 5.75 Å². The fourth-order valence-electron chi connectivity index (χ4n) is 3.94. The highest BCUT2D eigenvalue weighted by atomic mass is 35.5. The van der Waals surface area contributed by atoms with Gasteiger partial charge in [-0.25, -0.2) is 4.89 Å². The monoisotopic (exact) mass is 436 g/mol. The number of hydrogen-bond donors (Lipinski definition) is 3. The van der Waals surface area contributed by atoms with Gasteiger partial charge in [0.05, 0.1) is 6.61 Å². The predicted molar refractivity (Wildman–Crippen MR) is 108 cm³/mol. The Morgan fingerprint density at radius 3 is 2.53 bits per heavy atom. The van der Waals surface area contributed by atoms with Crippen LogP contribution in [0, 0.1) is 0 Å². The van der Waals surface area contributed by atoms with Crippen LogP contribution in [0.1, 0.15) is 30.5 Å². The highest BCUT2D eigenvalue weighted by Gasteiger charge is 2.64. The normalized spacial score (nSPS) is 33.3. The van der Waals surface area contributed by atoms with E-state index in [0.29, 0.717) is 23.6 Å². The standard InChI is InChI=1S/C22H25ClO7/c1-3-27-16-7-4-13(5-8-16)10-14-11-15(6-9-17(14)23)22-20(26)18(24)19(25)21(2,29-22)12-28-30-22/h4-9,11,18-20,24-26H,3,10,12H2,1-2H3/t18?,19-,20+,21+,22+/m0/s1. The zero-order valence-electron chi connectivity index (χ0n) is 16.7. The molecule has 0 aliphatic carbocycles. The lowest BCUT2D eigenvalue weighted by atomic mass is 9.81. The van der Waals surface area contributed by atoms with Gasteiger partial charge in [0.2, 0.25) is 0 Å². The summed E-state index contributed by atoms with van der Waals surface area (Å²) in [5.41, 5.74) is 0.977. The molecule has 162 valence electrons. The van der Waals surface area contributed by atoms with Gasteiger partial charge in [-0.2, -0.15) is 4.89 Å². The maximum Gasteiger partial charge on any atom is 0.257 e. The van der Waals surface area contributed by atoms with Crippen LogP contribution < -0.4 is 4.74 Å². The van der Waals surface area contributed by atoms with Crippen LogP contribution in [0.25, 0.3) is 0 Å². The summed E-state index contributed by atoms with van der Waals surface area (Å²) < 4.78 is 11.5. The van der Waals surface area contributed by atoms with Crippen LogP contribution in [0.5, 0.6) is 5.75 Å². The zero-order valence-corrected chi connectivity index (χ0v) is 17.5. The molecule has 2 aromatic carbocycles. The average Bonchev–Trinajstić information content (AvgIpc) is 2.74. The molecule has 7 nitrogen and oxygen atoms in total. The van der Waals surface area contributed by atoms with E-state index in [2.05, 4.69) is 0 Å². The van der Waals surface area contributed by atoms with Crippen LogP contribution >= 0.6 is 11.6 Å². The Labute approximate surface area is 179 Å². The van der Waals surface area contributed by atoms with E-state index in [9.17, 15) is 15.3 Å². The van der Waals surface area contributed by atoms with Gasteiger partial charge in [0, 0.05) is 10.6 Å². The highest BCUT2D eigenvalue weighted by Crippen LogP contribution is 2.47. The van der Waals surface area contributed by atoms with Gasteiger partial charge in [-0.05, 0) is 55.7 Å². The number of rotatable bonds is 5. The fraction of sp³-hybridized carbons (Fsp3) is 0.455. The molecule has 30 heavy (non-hydrogen) atoms. The van der Waals surface area contributed by atoms with Gasteiger partial charge in [-0.15, -0.1) is 0 Å². The van der Waals surface area contributed by atoms with Crippen LogP contribution in [-0.4, -0.2) is 52.4 Å². The molecule has 0 aromatic heterocycles. The number of benzene rings is 2. The van der Waals surface area contributed by atoms with Crippen LogP contribution in [0.4, 0.5) is 0 Å². The maximum atomic E-state index is 10.7. The smallest absolute Gasteiger partial charge is 0.257 e. The largest absolute Gasteiger partial charge is 0.494 e. The Balaban J connectivity index is 1.67. The van der Waals surface area contributed by atoms with E-state index in [1.807, 2.05) is 31.2 Å². The van der Waals surface area contributed by atoms with Gasteiger partial charge < -0.3 is 24.8 Å². The Morgan fingerprint density at radius 1 is 1.10 bits per heavy atom. The number of hydrogen-bond acceptors (Lipinski definition) is 7. The Hall–Kier alpha value is -1.71. The van der Waals surface area contributed by atoms with Gasteiger partial charge in [0.25, 0.3) is 5.79 Å². The lowest BCUT2D eigenvalue weighted by Crippen LogP contribution is -2.71. The Morgan fingerprint density at radius 2 is 1.83 bits per heavy atom. The molecule has 2 saturated heterocycles. The van der Waals surface area contributed by atoms with Crippen molar-refractivity contribution >= 4 is 11.6 Å².